The monoisotopic (exact) mass is 384 g/mol. The van der Waals surface area contributed by atoms with Gasteiger partial charge in [-0.25, -0.2) is 4.79 Å². The largest absolute Gasteiger partial charge is 0.334 e. The SMILES string of the molecule is CN(C(=O)NCc1ccc(CS(C)=O)cc1)C1CCCC1c1ccccc1. The third kappa shape index (κ3) is 5.19. The Morgan fingerprint density at radius 2 is 1.74 bits per heavy atom. The van der Waals surface area contributed by atoms with Crippen molar-refractivity contribution in [3.05, 3.63) is 71.3 Å². The summed E-state index contributed by atoms with van der Waals surface area (Å²) in [4.78, 5) is 14.5. The van der Waals surface area contributed by atoms with Gasteiger partial charge in [-0.1, -0.05) is 61.0 Å². The molecule has 4 nitrogen and oxygen atoms in total. The second kappa shape index (κ2) is 9.18. The number of benzene rings is 2. The van der Waals surface area contributed by atoms with Crippen molar-refractivity contribution < 1.29 is 9.00 Å². The summed E-state index contributed by atoms with van der Waals surface area (Å²) < 4.78 is 11.3. The molecular formula is C22H28N2O2S. The molecule has 5 heteroatoms. The predicted molar refractivity (Wildman–Crippen MR) is 111 cm³/mol. The van der Waals surface area contributed by atoms with Crippen LogP contribution in [0.2, 0.25) is 0 Å². The van der Waals surface area contributed by atoms with Gasteiger partial charge >= 0.3 is 6.03 Å². The van der Waals surface area contributed by atoms with E-state index in [0.717, 1.165) is 30.4 Å². The van der Waals surface area contributed by atoms with Crippen molar-refractivity contribution in [2.45, 2.75) is 43.5 Å². The van der Waals surface area contributed by atoms with Crippen LogP contribution in [-0.2, 0) is 23.1 Å². The summed E-state index contributed by atoms with van der Waals surface area (Å²) in [7, 11) is 1.07. The molecule has 0 aromatic heterocycles. The summed E-state index contributed by atoms with van der Waals surface area (Å²) in [6.07, 6.45) is 5.04. The van der Waals surface area contributed by atoms with Crippen LogP contribution in [0.15, 0.2) is 54.6 Å². The van der Waals surface area contributed by atoms with Crippen LogP contribution in [0.5, 0.6) is 0 Å². The van der Waals surface area contributed by atoms with E-state index in [0.29, 0.717) is 18.2 Å². The zero-order valence-electron chi connectivity index (χ0n) is 16.1. The van der Waals surface area contributed by atoms with Crippen LogP contribution in [0.1, 0.15) is 41.9 Å². The molecule has 1 N–H and O–H groups in total. The molecule has 0 radical (unpaired) electrons. The predicted octanol–water partition coefficient (Wildman–Crippen LogP) is 4.04. The van der Waals surface area contributed by atoms with Crippen molar-refractivity contribution in [1.82, 2.24) is 10.2 Å². The fourth-order valence-corrected chi connectivity index (χ4v) is 4.60. The maximum atomic E-state index is 12.7. The maximum absolute atomic E-state index is 12.7. The van der Waals surface area contributed by atoms with Crippen molar-refractivity contribution in [3.63, 3.8) is 0 Å². The van der Waals surface area contributed by atoms with Crippen LogP contribution < -0.4 is 5.32 Å². The summed E-state index contributed by atoms with van der Waals surface area (Å²) in [6, 6.07) is 18.7. The van der Waals surface area contributed by atoms with Gasteiger partial charge in [0, 0.05) is 48.4 Å². The van der Waals surface area contributed by atoms with E-state index in [1.165, 1.54) is 5.56 Å². The van der Waals surface area contributed by atoms with Crippen LogP contribution in [0, 0.1) is 0 Å². The first-order valence-electron chi connectivity index (χ1n) is 9.48. The lowest BCUT2D eigenvalue weighted by Crippen LogP contribution is -2.44. The Labute approximate surface area is 164 Å². The van der Waals surface area contributed by atoms with Crippen molar-refractivity contribution in [3.8, 4) is 0 Å². The van der Waals surface area contributed by atoms with Gasteiger partial charge in [-0.15, -0.1) is 0 Å². The number of hydrogen-bond donors (Lipinski definition) is 1. The highest BCUT2D eigenvalue weighted by atomic mass is 32.2. The Kier molecular flexibility index (Phi) is 6.67. The molecule has 2 aromatic rings. The van der Waals surface area contributed by atoms with Crippen molar-refractivity contribution >= 4 is 16.8 Å². The number of rotatable bonds is 6. The fourth-order valence-electron chi connectivity index (χ4n) is 3.93. The highest BCUT2D eigenvalue weighted by Crippen LogP contribution is 2.37. The van der Waals surface area contributed by atoms with Gasteiger partial charge in [0.2, 0.25) is 0 Å². The minimum absolute atomic E-state index is 0.0263. The molecule has 1 saturated carbocycles. The van der Waals surface area contributed by atoms with Gasteiger partial charge in [0.1, 0.15) is 0 Å². The summed E-state index contributed by atoms with van der Waals surface area (Å²) in [5.41, 5.74) is 3.43. The van der Waals surface area contributed by atoms with E-state index in [-0.39, 0.29) is 12.1 Å². The molecule has 144 valence electrons. The number of nitrogens with zero attached hydrogens (tertiary/aromatic N) is 1. The highest BCUT2D eigenvalue weighted by molar-refractivity contribution is 7.83. The third-order valence-corrected chi connectivity index (χ3v) is 6.10. The van der Waals surface area contributed by atoms with E-state index < -0.39 is 10.8 Å². The molecule has 1 fully saturated rings. The molecule has 3 rings (SSSR count). The third-order valence-electron chi connectivity index (χ3n) is 5.36. The molecule has 27 heavy (non-hydrogen) atoms. The first kappa shape index (κ1) is 19.6. The molecule has 1 aliphatic rings. The van der Waals surface area contributed by atoms with Gasteiger partial charge in [0.25, 0.3) is 0 Å². The quantitative estimate of drug-likeness (QED) is 0.817. The van der Waals surface area contributed by atoms with E-state index in [4.69, 9.17) is 0 Å². The number of carbonyl (C=O) groups is 1. The summed E-state index contributed by atoms with van der Waals surface area (Å²) in [5, 5.41) is 3.03. The molecule has 0 saturated heterocycles. The molecular weight excluding hydrogens is 356 g/mol. The standard InChI is InChI=1S/C22H28N2O2S/c1-24(21-10-6-9-20(21)19-7-4-3-5-8-19)22(25)23-15-17-11-13-18(14-12-17)16-27(2)26/h3-5,7-8,11-14,20-21H,6,9-10,15-16H2,1-2H3,(H,23,25). The Hall–Kier alpha value is -2.14. The molecule has 3 atom stereocenters. The lowest BCUT2D eigenvalue weighted by Gasteiger charge is -2.30. The Morgan fingerprint density at radius 3 is 2.41 bits per heavy atom. The Bertz CT molecular complexity index is 777. The first-order chi connectivity index (χ1) is 13.0. The van der Waals surface area contributed by atoms with Gasteiger partial charge in [-0.3, -0.25) is 4.21 Å². The van der Waals surface area contributed by atoms with E-state index in [1.807, 2.05) is 42.3 Å². The fraction of sp³-hybridized carbons (Fsp3) is 0.409. The van der Waals surface area contributed by atoms with Gasteiger partial charge < -0.3 is 10.2 Å². The van der Waals surface area contributed by atoms with Gasteiger partial charge in [0.05, 0.1) is 0 Å². The molecule has 2 aromatic carbocycles. The van der Waals surface area contributed by atoms with Crippen molar-refractivity contribution in [2.24, 2.45) is 0 Å². The Balaban J connectivity index is 1.56. The van der Waals surface area contributed by atoms with Crippen LogP contribution >= 0.6 is 0 Å². The van der Waals surface area contributed by atoms with E-state index in [1.54, 1.807) is 6.26 Å². The van der Waals surface area contributed by atoms with Crippen molar-refractivity contribution in [2.75, 3.05) is 13.3 Å². The van der Waals surface area contributed by atoms with Crippen molar-refractivity contribution in [1.29, 1.82) is 0 Å². The number of nitrogens with one attached hydrogen (secondary N) is 1. The summed E-state index contributed by atoms with van der Waals surface area (Å²) in [6.45, 7) is 0.501. The molecule has 0 bridgehead atoms. The van der Waals surface area contributed by atoms with E-state index >= 15 is 0 Å². The maximum Gasteiger partial charge on any atom is 0.317 e. The van der Waals surface area contributed by atoms with E-state index in [9.17, 15) is 9.00 Å². The van der Waals surface area contributed by atoms with Gasteiger partial charge in [-0.05, 0) is 29.5 Å². The molecule has 0 heterocycles. The second-order valence-electron chi connectivity index (χ2n) is 7.32. The highest BCUT2D eigenvalue weighted by Gasteiger charge is 2.33. The molecule has 1 aliphatic carbocycles. The lowest BCUT2D eigenvalue weighted by atomic mass is 9.93. The lowest BCUT2D eigenvalue weighted by molar-refractivity contribution is 0.185. The van der Waals surface area contributed by atoms with Crippen LogP contribution in [0.25, 0.3) is 0 Å². The molecule has 3 unspecified atom stereocenters. The number of likely N-dealkylation sites (N-methyl/N-ethyl adjacent to an activating group) is 1. The zero-order chi connectivity index (χ0) is 19.2. The second-order valence-corrected chi connectivity index (χ2v) is 8.75. The average molecular weight is 385 g/mol. The number of amides is 2. The normalized spacial score (nSPS) is 20.2. The average Bonchev–Trinajstić information content (AvgIpc) is 3.16. The topological polar surface area (TPSA) is 49.4 Å². The smallest absolute Gasteiger partial charge is 0.317 e. The Morgan fingerprint density at radius 1 is 1.07 bits per heavy atom. The molecule has 2 amide bonds. The molecule has 0 aliphatic heterocycles. The van der Waals surface area contributed by atoms with E-state index in [2.05, 4.69) is 29.6 Å². The zero-order valence-corrected chi connectivity index (χ0v) is 16.9. The molecule has 0 spiro atoms. The number of urea groups is 1. The van der Waals surface area contributed by atoms with Gasteiger partial charge in [0.15, 0.2) is 0 Å². The minimum atomic E-state index is -0.838. The van der Waals surface area contributed by atoms with Crippen LogP contribution in [0.4, 0.5) is 4.79 Å². The van der Waals surface area contributed by atoms with Crippen LogP contribution in [0.3, 0.4) is 0 Å². The minimum Gasteiger partial charge on any atom is -0.334 e. The summed E-state index contributed by atoms with van der Waals surface area (Å²) >= 11 is 0. The summed E-state index contributed by atoms with van der Waals surface area (Å²) in [5.74, 6) is 0.980. The van der Waals surface area contributed by atoms with Crippen LogP contribution in [-0.4, -0.2) is 34.5 Å². The number of hydrogen-bond acceptors (Lipinski definition) is 2. The first-order valence-corrected chi connectivity index (χ1v) is 11.2. The number of carbonyl (C=O) groups excluding carboxylic acids is 1. The van der Waals surface area contributed by atoms with Gasteiger partial charge in [-0.2, -0.15) is 0 Å².